The monoisotopic (exact) mass is 322 g/mol. The standard InChI is InChI=1S/C14H15BrN2O2/c15-11-1-2-12-10(7-14(18)19-13(12)8-11)9-17-5-3-16-4-6-17/h1-2,7-8,16H,3-6,9H2. The maximum atomic E-state index is 11.6. The molecule has 2 aromatic rings. The van der Waals surface area contributed by atoms with Crippen molar-refractivity contribution >= 4 is 26.9 Å². The van der Waals surface area contributed by atoms with E-state index in [1.54, 1.807) is 6.07 Å². The Kier molecular flexibility index (Phi) is 3.68. The van der Waals surface area contributed by atoms with Crippen molar-refractivity contribution in [3.8, 4) is 0 Å². The van der Waals surface area contributed by atoms with Crippen LogP contribution in [0.25, 0.3) is 11.0 Å². The number of hydrogen-bond donors (Lipinski definition) is 1. The van der Waals surface area contributed by atoms with Crippen LogP contribution in [0.5, 0.6) is 0 Å². The zero-order valence-corrected chi connectivity index (χ0v) is 12.1. The molecule has 1 aromatic carbocycles. The van der Waals surface area contributed by atoms with Crippen LogP contribution in [0.1, 0.15) is 5.56 Å². The molecule has 3 rings (SSSR count). The summed E-state index contributed by atoms with van der Waals surface area (Å²) in [6, 6.07) is 7.43. The van der Waals surface area contributed by atoms with Crippen LogP contribution < -0.4 is 10.9 Å². The second-order valence-corrected chi connectivity index (χ2v) is 5.67. The summed E-state index contributed by atoms with van der Waals surface area (Å²) < 4.78 is 6.17. The number of nitrogens with zero attached hydrogens (tertiary/aromatic N) is 1. The van der Waals surface area contributed by atoms with Gasteiger partial charge in [0.2, 0.25) is 0 Å². The van der Waals surface area contributed by atoms with Crippen LogP contribution in [-0.4, -0.2) is 31.1 Å². The van der Waals surface area contributed by atoms with Crippen molar-refractivity contribution < 1.29 is 4.42 Å². The molecule has 0 atom stereocenters. The minimum atomic E-state index is -0.282. The summed E-state index contributed by atoms with van der Waals surface area (Å²) >= 11 is 3.40. The Morgan fingerprint density at radius 1 is 1.26 bits per heavy atom. The highest BCUT2D eigenvalue weighted by atomic mass is 79.9. The average molecular weight is 323 g/mol. The first-order valence-electron chi connectivity index (χ1n) is 6.38. The lowest BCUT2D eigenvalue weighted by atomic mass is 10.1. The SMILES string of the molecule is O=c1cc(CN2CCNCC2)c2ccc(Br)cc2o1. The van der Waals surface area contributed by atoms with Gasteiger partial charge in [-0.2, -0.15) is 0 Å². The molecule has 0 saturated carbocycles. The number of hydrogen-bond acceptors (Lipinski definition) is 4. The molecule has 4 nitrogen and oxygen atoms in total. The van der Waals surface area contributed by atoms with Gasteiger partial charge in [0, 0.05) is 48.6 Å². The third-order valence-electron chi connectivity index (χ3n) is 3.40. The molecule has 1 aromatic heterocycles. The lowest BCUT2D eigenvalue weighted by molar-refractivity contribution is 0.233. The van der Waals surface area contributed by atoms with Gasteiger partial charge in [0.15, 0.2) is 0 Å². The van der Waals surface area contributed by atoms with Crippen molar-refractivity contribution in [2.45, 2.75) is 6.54 Å². The quantitative estimate of drug-likeness (QED) is 0.858. The summed E-state index contributed by atoms with van der Waals surface area (Å²) in [6.45, 7) is 4.83. The smallest absolute Gasteiger partial charge is 0.336 e. The Morgan fingerprint density at radius 3 is 2.84 bits per heavy atom. The Balaban J connectivity index is 1.99. The van der Waals surface area contributed by atoms with E-state index in [0.29, 0.717) is 5.58 Å². The number of benzene rings is 1. The minimum absolute atomic E-state index is 0.282. The van der Waals surface area contributed by atoms with Crippen molar-refractivity contribution in [2.24, 2.45) is 0 Å². The summed E-state index contributed by atoms with van der Waals surface area (Å²) in [7, 11) is 0. The predicted molar refractivity (Wildman–Crippen MR) is 78.3 cm³/mol. The molecule has 0 bridgehead atoms. The van der Waals surface area contributed by atoms with E-state index in [2.05, 4.69) is 26.1 Å². The summed E-state index contributed by atoms with van der Waals surface area (Å²) in [5, 5.41) is 4.34. The van der Waals surface area contributed by atoms with Crippen LogP contribution in [-0.2, 0) is 6.54 Å². The number of fused-ring (bicyclic) bond motifs is 1. The second-order valence-electron chi connectivity index (χ2n) is 4.76. The number of halogens is 1. The predicted octanol–water partition coefficient (Wildman–Crippen LogP) is 1.96. The molecular weight excluding hydrogens is 308 g/mol. The number of rotatable bonds is 2. The Labute approximate surface area is 119 Å². The molecule has 1 saturated heterocycles. The summed E-state index contributed by atoms with van der Waals surface area (Å²) in [5.74, 6) is 0. The molecular formula is C14H15BrN2O2. The van der Waals surface area contributed by atoms with Gasteiger partial charge in [-0.15, -0.1) is 0 Å². The van der Waals surface area contributed by atoms with Crippen molar-refractivity contribution in [1.82, 2.24) is 10.2 Å². The third-order valence-corrected chi connectivity index (χ3v) is 3.89. The maximum absolute atomic E-state index is 11.6. The fraction of sp³-hybridized carbons (Fsp3) is 0.357. The van der Waals surface area contributed by atoms with Crippen molar-refractivity contribution in [1.29, 1.82) is 0 Å². The molecule has 0 radical (unpaired) electrons. The van der Waals surface area contributed by atoms with E-state index in [-0.39, 0.29) is 5.63 Å². The zero-order chi connectivity index (χ0) is 13.2. The minimum Gasteiger partial charge on any atom is -0.423 e. The Bertz CT molecular complexity index is 647. The van der Waals surface area contributed by atoms with Gasteiger partial charge in [-0.1, -0.05) is 15.9 Å². The Morgan fingerprint density at radius 2 is 2.05 bits per heavy atom. The lowest BCUT2D eigenvalue weighted by Crippen LogP contribution is -2.43. The highest BCUT2D eigenvalue weighted by molar-refractivity contribution is 9.10. The van der Waals surface area contributed by atoms with Gasteiger partial charge in [-0.05, 0) is 23.8 Å². The van der Waals surface area contributed by atoms with Crippen LogP contribution in [0.3, 0.4) is 0 Å². The van der Waals surface area contributed by atoms with Crippen molar-refractivity contribution in [3.63, 3.8) is 0 Å². The van der Waals surface area contributed by atoms with Crippen LogP contribution in [0, 0.1) is 0 Å². The maximum Gasteiger partial charge on any atom is 0.336 e. The van der Waals surface area contributed by atoms with E-state index < -0.39 is 0 Å². The molecule has 0 amide bonds. The first kappa shape index (κ1) is 12.8. The molecule has 1 aliphatic rings. The summed E-state index contributed by atoms with van der Waals surface area (Å²) in [6.07, 6.45) is 0. The van der Waals surface area contributed by atoms with Crippen molar-refractivity contribution in [2.75, 3.05) is 26.2 Å². The molecule has 19 heavy (non-hydrogen) atoms. The zero-order valence-electron chi connectivity index (χ0n) is 10.5. The number of nitrogens with one attached hydrogen (secondary N) is 1. The first-order valence-corrected chi connectivity index (χ1v) is 7.17. The van der Waals surface area contributed by atoms with Crippen LogP contribution in [0.2, 0.25) is 0 Å². The van der Waals surface area contributed by atoms with Gasteiger partial charge in [0.05, 0.1) is 0 Å². The molecule has 1 aliphatic heterocycles. The summed E-state index contributed by atoms with van der Waals surface area (Å²) in [5.41, 5.74) is 1.41. The fourth-order valence-corrected chi connectivity index (χ4v) is 2.78. The van der Waals surface area contributed by atoms with E-state index in [4.69, 9.17) is 4.42 Å². The van der Waals surface area contributed by atoms with E-state index in [1.165, 1.54) is 0 Å². The molecule has 0 unspecified atom stereocenters. The van der Waals surface area contributed by atoms with Crippen LogP contribution in [0.15, 0.2) is 37.9 Å². The average Bonchev–Trinajstić information content (AvgIpc) is 2.39. The molecule has 5 heteroatoms. The van der Waals surface area contributed by atoms with E-state index in [0.717, 1.165) is 48.1 Å². The largest absolute Gasteiger partial charge is 0.423 e. The van der Waals surface area contributed by atoms with Gasteiger partial charge >= 0.3 is 5.63 Å². The molecule has 1 N–H and O–H groups in total. The topological polar surface area (TPSA) is 45.5 Å². The van der Waals surface area contributed by atoms with Gasteiger partial charge < -0.3 is 9.73 Å². The van der Waals surface area contributed by atoms with E-state index >= 15 is 0 Å². The van der Waals surface area contributed by atoms with Gasteiger partial charge in [0.25, 0.3) is 0 Å². The van der Waals surface area contributed by atoms with Crippen LogP contribution >= 0.6 is 15.9 Å². The lowest BCUT2D eigenvalue weighted by Gasteiger charge is -2.27. The molecule has 100 valence electrons. The van der Waals surface area contributed by atoms with Gasteiger partial charge in [-0.3, -0.25) is 4.90 Å². The molecule has 1 fully saturated rings. The molecule has 0 aliphatic carbocycles. The third kappa shape index (κ3) is 2.88. The highest BCUT2D eigenvalue weighted by Gasteiger charge is 2.13. The number of piperazine rings is 1. The molecule has 2 heterocycles. The van der Waals surface area contributed by atoms with E-state index in [1.807, 2.05) is 18.2 Å². The first-order chi connectivity index (χ1) is 9.22. The molecule has 0 spiro atoms. The van der Waals surface area contributed by atoms with Crippen molar-refractivity contribution in [3.05, 3.63) is 44.7 Å². The van der Waals surface area contributed by atoms with E-state index in [9.17, 15) is 4.79 Å². The summed E-state index contributed by atoms with van der Waals surface area (Å²) in [4.78, 5) is 14.0. The second kappa shape index (κ2) is 5.45. The van der Waals surface area contributed by atoms with Gasteiger partial charge in [0.1, 0.15) is 5.58 Å². The highest BCUT2D eigenvalue weighted by Crippen LogP contribution is 2.22. The van der Waals surface area contributed by atoms with Crippen LogP contribution in [0.4, 0.5) is 0 Å². The fourth-order valence-electron chi connectivity index (χ4n) is 2.44. The van der Waals surface area contributed by atoms with Gasteiger partial charge in [-0.25, -0.2) is 4.79 Å². The Hall–Kier alpha value is -1.17. The normalized spacial score (nSPS) is 16.9.